The molecule has 0 bridgehead atoms. The number of nitrogens with zero attached hydrogens (tertiary/aromatic N) is 4. The van der Waals surface area contributed by atoms with E-state index in [0.717, 1.165) is 24.6 Å². The quantitative estimate of drug-likeness (QED) is 0.763. The highest BCUT2D eigenvalue weighted by atomic mass is 35.5. The maximum atomic E-state index is 14.2. The Morgan fingerprint density at radius 1 is 1.31 bits per heavy atom. The summed E-state index contributed by atoms with van der Waals surface area (Å²) in [5.41, 5.74) is 1.91. The number of hydrogen-bond acceptors (Lipinski definition) is 4. The van der Waals surface area contributed by atoms with Gasteiger partial charge in [0, 0.05) is 29.6 Å². The van der Waals surface area contributed by atoms with Gasteiger partial charge in [-0.25, -0.2) is 14.1 Å². The summed E-state index contributed by atoms with van der Waals surface area (Å²) in [4.78, 5) is 20.7. The monoisotopic (exact) mass is 371 g/mol. The van der Waals surface area contributed by atoms with Crippen molar-refractivity contribution in [2.45, 2.75) is 25.8 Å². The van der Waals surface area contributed by atoms with Gasteiger partial charge >= 0.3 is 0 Å². The van der Waals surface area contributed by atoms with Crippen LogP contribution < -0.4 is 5.32 Å². The Bertz CT molecular complexity index is 999. The van der Waals surface area contributed by atoms with Crippen molar-refractivity contribution in [1.29, 1.82) is 0 Å². The van der Waals surface area contributed by atoms with Crippen LogP contribution in [0.4, 0.5) is 4.39 Å². The second-order valence-electron chi connectivity index (χ2n) is 6.25. The molecule has 1 aromatic carbocycles. The van der Waals surface area contributed by atoms with Crippen LogP contribution in [0.3, 0.4) is 0 Å². The number of rotatable bonds is 4. The first-order valence-electron chi connectivity index (χ1n) is 8.15. The number of aryl methyl sites for hydroxylation is 1. The molecule has 26 heavy (non-hydrogen) atoms. The van der Waals surface area contributed by atoms with Gasteiger partial charge in [-0.1, -0.05) is 11.6 Å². The fraction of sp³-hybridized carbons (Fsp3) is 0.222. The standard InChI is InChI=1S/C18H15ClFN5O/c1-10-6-21-8-17(23-10)25-9-11(7-22-25)13-4-14(16(20)5-15(13)19)18(26)24-12-2-3-12/h4-9,12H,2-3H2,1H3,(H,24,26). The van der Waals surface area contributed by atoms with E-state index in [2.05, 4.69) is 20.4 Å². The molecule has 1 fully saturated rings. The number of nitrogens with one attached hydrogen (secondary N) is 1. The maximum Gasteiger partial charge on any atom is 0.254 e. The highest BCUT2D eigenvalue weighted by molar-refractivity contribution is 6.33. The van der Waals surface area contributed by atoms with Gasteiger partial charge in [-0.15, -0.1) is 0 Å². The summed E-state index contributed by atoms with van der Waals surface area (Å²) < 4.78 is 15.8. The van der Waals surface area contributed by atoms with Crippen LogP contribution in [0, 0.1) is 12.7 Å². The molecule has 0 atom stereocenters. The Balaban J connectivity index is 1.70. The lowest BCUT2D eigenvalue weighted by Crippen LogP contribution is -2.26. The number of benzene rings is 1. The molecule has 3 aromatic rings. The van der Waals surface area contributed by atoms with Crippen LogP contribution in [0.1, 0.15) is 28.9 Å². The highest BCUT2D eigenvalue weighted by Gasteiger charge is 2.26. The Labute approximate surface area is 154 Å². The molecular formula is C18H15ClFN5O. The molecule has 0 unspecified atom stereocenters. The van der Waals surface area contributed by atoms with Crippen LogP contribution in [-0.4, -0.2) is 31.7 Å². The molecule has 1 aliphatic rings. The van der Waals surface area contributed by atoms with Crippen LogP contribution in [0.5, 0.6) is 0 Å². The summed E-state index contributed by atoms with van der Waals surface area (Å²) in [5.74, 6) is -0.519. The molecule has 1 amide bonds. The van der Waals surface area contributed by atoms with Crippen molar-refractivity contribution in [1.82, 2.24) is 25.1 Å². The molecule has 1 N–H and O–H groups in total. The van der Waals surface area contributed by atoms with Crippen molar-refractivity contribution in [3.8, 4) is 16.9 Å². The van der Waals surface area contributed by atoms with Crippen LogP contribution in [0.2, 0.25) is 5.02 Å². The van der Waals surface area contributed by atoms with E-state index in [1.54, 1.807) is 29.5 Å². The molecule has 0 saturated heterocycles. The van der Waals surface area contributed by atoms with E-state index in [0.29, 0.717) is 16.9 Å². The maximum absolute atomic E-state index is 14.2. The smallest absolute Gasteiger partial charge is 0.254 e. The van der Waals surface area contributed by atoms with Crippen molar-refractivity contribution in [2.24, 2.45) is 0 Å². The lowest BCUT2D eigenvalue weighted by atomic mass is 10.0. The SMILES string of the molecule is Cc1cncc(-n2cc(-c3cc(C(=O)NC4CC4)c(F)cc3Cl)cn2)n1. The zero-order valence-corrected chi connectivity index (χ0v) is 14.7. The van der Waals surface area contributed by atoms with Gasteiger partial charge in [-0.3, -0.25) is 9.78 Å². The van der Waals surface area contributed by atoms with Crippen molar-refractivity contribution >= 4 is 17.5 Å². The molecule has 2 heterocycles. The summed E-state index contributed by atoms with van der Waals surface area (Å²) in [6.45, 7) is 1.84. The van der Waals surface area contributed by atoms with Gasteiger partial charge in [0.1, 0.15) is 5.82 Å². The molecule has 2 aromatic heterocycles. The van der Waals surface area contributed by atoms with Gasteiger partial charge in [0.2, 0.25) is 0 Å². The van der Waals surface area contributed by atoms with Crippen LogP contribution in [0.25, 0.3) is 16.9 Å². The Kier molecular flexibility index (Phi) is 4.16. The number of aromatic nitrogens is 4. The first kappa shape index (κ1) is 16.7. The molecule has 1 aliphatic carbocycles. The number of carbonyl (C=O) groups excluding carboxylic acids is 1. The van der Waals surface area contributed by atoms with E-state index in [1.165, 1.54) is 6.07 Å². The van der Waals surface area contributed by atoms with Crippen molar-refractivity contribution in [3.05, 3.63) is 59.0 Å². The van der Waals surface area contributed by atoms with Gasteiger partial charge in [0.25, 0.3) is 5.91 Å². The fourth-order valence-corrected chi connectivity index (χ4v) is 2.84. The van der Waals surface area contributed by atoms with Gasteiger partial charge in [0.15, 0.2) is 5.82 Å². The first-order valence-corrected chi connectivity index (χ1v) is 8.53. The van der Waals surface area contributed by atoms with E-state index in [9.17, 15) is 9.18 Å². The topological polar surface area (TPSA) is 72.7 Å². The summed E-state index contributed by atoms with van der Waals surface area (Å²) in [6, 6.07) is 2.75. The Hall–Kier alpha value is -2.80. The second kappa shape index (κ2) is 6.49. The minimum atomic E-state index is -0.645. The van der Waals surface area contributed by atoms with E-state index >= 15 is 0 Å². The van der Waals surface area contributed by atoms with E-state index < -0.39 is 11.7 Å². The van der Waals surface area contributed by atoms with Crippen LogP contribution in [-0.2, 0) is 0 Å². The third-order valence-corrected chi connectivity index (χ3v) is 4.40. The Morgan fingerprint density at radius 2 is 2.12 bits per heavy atom. The lowest BCUT2D eigenvalue weighted by Gasteiger charge is -2.08. The van der Waals surface area contributed by atoms with Crippen molar-refractivity contribution < 1.29 is 9.18 Å². The van der Waals surface area contributed by atoms with Gasteiger partial charge in [0.05, 0.1) is 28.7 Å². The van der Waals surface area contributed by atoms with Gasteiger partial charge in [-0.05, 0) is 31.9 Å². The molecule has 6 nitrogen and oxygen atoms in total. The average molecular weight is 372 g/mol. The zero-order valence-electron chi connectivity index (χ0n) is 13.9. The predicted octanol–water partition coefficient (Wildman–Crippen LogP) is 3.32. The number of halogens is 2. The molecule has 0 aliphatic heterocycles. The first-order chi connectivity index (χ1) is 12.5. The average Bonchev–Trinajstić information content (AvgIpc) is 3.28. The fourth-order valence-electron chi connectivity index (χ4n) is 2.58. The summed E-state index contributed by atoms with van der Waals surface area (Å²) in [7, 11) is 0. The molecule has 0 spiro atoms. The highest BCUT2D eigenvalue weighted by Crippen LogP contribution is 2.31. The van der Waals surface area contributed by atoms with E-state index in [1.807, 2.05) is 6.92 Å². The van der Waals surface area contributed by atoms with Gasteiger partial charge < -0.3 is 5.32 Å². The summed E-state index contributed by atoms with van der Waals surface area (Å²) >= 11 is 6.20. The predicted molar refractivity (Wildman–Crippen MR) is 94.8 cm³/mol. The van der Waals surface area contributed by atoms with E-state index in [-0.39, 0.29) is 16.6 Å². The molecular weight excluding hydrogens is 357 g/mol. The summed E-state index contributed by atoms with van der Waals surface area (Å²) in [6.07, 6.45) is 8.40. The third-order valence-electron chi connectivity index (χ3n) is 4.08. The minimum absolute atomic E-state index is 0.0283. The molecule has 8 heteroatoms. The van der Waals surface area contributed by atoms with Crippen molar-refractivity contribution in [2.75, 3.05) is 0 Å². The van der Waals surface area contributed by atoms with Crippen LogP contribution in [0.15, 0.2) is 36.9 Å². The lowest BCUT2D eigenvalue weighted by molar-refractivity contribution is 0.0947. The summed E-state index contributed by atoms with van der Waals surface area (Å²) in [5, 5.41) is 7.26. The van der Waals surface area contributed by atoms with E-state index in [4.69, 9.17) is 11.6 Å². The third kappa shape index (κ3) is 3.30. The largest absolute Gasteiger partial charge is 0.349 e. The van der Waals surface area contributed by atoms with Crippen LogP contribution >= 0.6 is 11.6 Å². The second-order valence-corrected chi connectivity index (χ2v) is 6.66. The molecule has 132 valence electrons. The number of carbonyl (C=O) groups is 1. The number of amides is 1. The molecule has 4 rings (SSSR count). The normalized spacial score (nSPS) is 13.7. The van der Waals surface area contributed by atoms with Gasteiger partial charge in [-0.2, -0.15) is 5.10 Å². The molecule has 1 saturated carbocycles. The Morgan fingerprint density at radius 3 is 2.85 bits per heavy atom. The zero-order chi connectivity index (χ0) is 18.3. The molecule has 0 radical (unpaired) electrons. The van der Waals surface area contributed by atoms with Crippen molar-refractivity contribution in [3.63, 3.8) is 0 Å². The number of hydrogen-bond donors (Lipinski definition) is 1. The minimum Gasteiger partial charge on any atom is -0.349 e.